The highest BCUT2D eigenvalue weighted by Crippen LogP contribution is 2.37. The Balaban J connectivity index is 2.63. The van der Waals surface area contributed by atoms with E-state index in [-0.39, 0.29) is 19.8 Å². The van der Waals surface area contributed by atoms with E-state index in [1.165, 1.54) is 17.8 Å². The number of hydrogen-bond acceptors (Lipinski definition) is 6. The number of aromatic carboxylic acids is 1. The van der Waals surface area contributed by atoms with Crippen LogP contribution in [-0.4, -0.2) is 30.7 Å². The molecule has 2 rings (SSSR count). The van der Waals surface area contributed by atoms with Crippen LogP contribution in [0.25, 0.3) is 0 Å². The number of thiophene rings is 1. The molecule has 0 saturated carbocycles. The number of halogens is 2. The minimum atomic E-state index is -3.86. The zero-order valence-corrected chi connectivity index (χ0v) is 15.1. The van der Waals surface area contributed by atoms with Gasteiger partial charge < -0.3 is 5.11 Å². The number of sulfone groups is 1. The van der Waals surface area contributed by atoms with Crippen molar-refractivity contribution in [3.8, 4) is 0 Å². The van der Waals surface area contributed by atoms with Crippen molar-refractivity contribution in [3.63, 3.8) is 0 Å². The van der Waals surface area contributed by atoms with Gasteiger partial charge in [0.15, 0.2) is 0 Å². The lowest BCUT2D eigenvalue weighted by Crippen LogP contribution is -2.03. The highest BCUT2D eigenvalue weighted by atomic mass is 79.9. The fraction of sp³-hybridized carbons (Fsp3) is 0.0909. The van der Waals surface area contributed by atoms with Crippen molar-refractivity contribution in [3.05, 3.63) is 32.8 Å². The van der Waals surface area contributed by atoms with Gasteiger partial charge in [0.25, 0.3) is 0 Å². The molecule has 0 unspecified atom stereocenters. The van der Waals surface area contributed by atoms with Gasteiger partial charge in [0.1, 0.15) is 10.0 Å². The van der Waals surface area contributed by atoms with E-state index in [4.69, 9.17) is 16.7 Å². The minimum Gasteiger partial charge on any atom is -0.477 e. The quantitative estimate of drug-likeness (QED) is 0.589. The van der Waals surface area contributed by atoms with Crippen LogP contribution in [0.1, 0.15) is 9.67 Å². The molecule has 2 aromatic rings. The summed E-state index contributed by atoms with van der Waals surface area (Å²) in [5, 5.41) is 9.15. The smallest absolute Gasteiger partial charge is 0.345 e. The van der Waals surface area contributed by atoms with Gasteiger partial charge in [0, 0.05) is 6.20 Å². The molecule has 0 amide bonds. The van der Waals surface area contributed by atoms with Gasteiger partial charge in [-0.05, 0) is 34.3 Å². The van der Waals surface area contributed by atoms with E-state index in [1.807, 2.05) is 0 Å². The molecular weight excluding hydrogens is 422 g/mol. The lowest BCUT2D eigenvalue weighted by Gasteiger charge is -2.05. The second-order valence-corrected chi connectivity index (χ2v) is 8.98. The first kappa shape index (κ1) is 16.8. The predicted molar refractivity (Wildman–Crippen MR) is 85.5 cm³/mol. The second-order valence-electron chi connectivity index (χ2n) is 3.72. The Morgan fingerprint density at radius 3 is 2.67 bits per heavy atom. The van der Waals surface area contributed by atoms with Crippen LogP contribution in [0.3, 0.4) is 0 Å². The highest BCUT2D eigenvalue weighted by molar-refractivity contribution is 9.10. The molecule has 0 saturated heterocycles. The van der Waals surface area contributed by atoms with E-state index in [2.05, 4.69) is 20.9 Å². The first-order chi connectivity index (χ1) is 9.77. The van der Waals surface area contributed by atoms with E-state index in [9.17, 15) is 13.2 Å². The topological polar surface area (TPSA) is 84.3 Å². The molecule has 10 heteroatoms. The molecule has 0 bridgehead atoms. The van der Waals surface area contributed by atoms with E-state index >= 15 is 0 Å². The molecule has 0 fully saturated rings. The van der Waals surface area contributed by atoms with Gasteiger partial charge in [-0.1, -0.05) is 11.6 Å². The summed E-state index contributed by atoms with van der Waals surface area (Å²) in [6.45, 7) is 0. The maximum absolute atomic E-state index is 12.6. The molecule has 0 aliphatic rings. The molecule has 0 aliphatic carbocycles. The lowest BCUT2D eigenvalue weighted by atomic mass is 10.5. The molecule has 0 aliphatic heterocycles. The Morgan fingerprint density at radius 2 is 2.14 bits per heavy atom. The van der Waals surface area contributed by atoms with Crippen LogP contribution in [-0.2, 0) is 9.84 Å². The second kappa shape index (κ2) is 6.25. The average Bonchev–Trinajstić information content (AvgIpc) is 2.86. The van der Waals surface area contributed by atoms with Gasteiger partial charge in [-0.25, -0.2) is 18.2 Å². The zero-order chi connectivity index (χ0) is 15.8. The number of rotatable bonds is 4. The van der Waals surface area contributed by atoms with E-state index < -0.39 is 15.8 Å². The van der Waals surface area contributed by atoms with Crippen LogP contribution in [0.2, 0.25) is 5.15 Å². The summed E-state index contributed by atoms with van der Waals surface area (Å²) >= 11 is 11.0. The van der Waals surface area contributed by atoms with Gasteiger partial charge in [-0.3, -0.25) is 0 Å². The molecule has 2 heterocycles. The molecular formula is C11H7BrClNO4S3. The van der Waals surface area contributed by atoms with Gasteiger partial charge in [0.2, 0.25) is 9.84 Å². The van der Waals surface area contributed by atoms with Crippen LogP contribution in [0, 0.1) is 0 Å². The molecule has 21 heavy (non-hydrogen) atoms. The molecule has 5 nitrogen and oxygen atoms in total. The SMILES string of the molecule is CSc1sc(C(=O)O)cc1S(=O)(=O)c1cnc(Cl)c(Br)c1. The van der Waals surface area contributed by atoms with Gasteiger partial charge >= 0.3 is 5.97 Å². The fourth-order valence-corrected chi connectivity index (χ4v) is 5.88. The Labute approximate surface area is 142 Å². The molecule has 0 aromatic carbocycles. The van der Waals surface area contributed by atoms with E-state index in [0.29, 0.717) is 8.68 Å². The molecule has 0 atom stereocenters. The van der Waals surface area contributed by atoms with Crippen LogP contribution in [0.4, 0.5) is 0 Å². The third-order valence-corrected chi connectivity index (χ3v) is 7.83. The Bertz CT molecular complexity index is 819. The monoisotopic (exact) mass is 427 g/mol. The number of hydrogen-bond donors (Lipinski definition) is 1. The van der Waals surface area contributed by atoms with Crippen LogP contribution in [0.15, 0.2) is 36.8 Å². The summed E-state index contributed by atoms with van der Waals surface area (Å²) in [6.07, 6.45) is 2.83. The Hall–Kier alpha value is -0.610. The molecule has 112 valence electrons. The van der Waals surface area contributed by atoms with Crippen molar-refractivity contribution in [2.24, 2.45) is 0 Å². The van der Waals surface area contributed by atoms with Gasteiger partial charge in [-0.15, -0.1) is 23.1 Å². The lowest BCUT2D eigenvalue weighted by molar-refractivity contribution is 0.0702. The number of carbonyl (C=O) groups is 1. The third-order valence-electron chi connectivity index (χ3n) is 2.43. The first-order valence-corrected chi connectivity index (χ1v) is 9.94. The molecule has 0 radical (unpaired) electrons. The first-order valence-electron chi connectivity index (χ1n) is 5.24. The Kier molecular flexibility index (Phi) is 4.99. The van der Waals surface area contributed by atoms with Crippen LogP contribution in [0.5, 0.6) is 0 Å². The zero-order valence-electron chi connectivity index (χ0n) is 10.3. The fourth-order valence-electron chi connectivity index (χ4n) is 1.47. The summed E-state index contributed by atoms with van der Waals surface area (Å²) in [4.78, 5) is 14.7. The van der Waals surface area contributed by atoms with E-state index in [1.54, 1.807) is 6.26 Å². The number of nitrogens with zero attached hydrogens (tertiary/aromatic N) is 1. The number of carboxylic acid groups (broad SMARTS) is 1. The van der Waals surface area contributed by atoms with Crippen LogP contribution < -0.4 is 0 Å². The predicted octanol–water partition coefficient (Wildman–Crippen LogP) is 3.81. The molecule has 1 N–H and O–H groups in total. The minimum absolute atomic E-state index is 0.0288. The van der Waals surface area contributed by atoms with Gasteiger partial charge in [0.05, 0.1) is 18.5 Å². The van der Waals surface area contributed by atoms with Crippen molar-refractivity contribution < 1.29 is 18.3 Å². The third kappa shape index (κ3) is 3.26. The number of pyridine rings is 1. The van der Waals surface area contributed by atoms with E-state index in [0.717, 1.165) is 23.6 Å². The van der Waals surface area contributed by atoms with Crippen molar-refractivity contribution >= 4 is 66.4 Å². The summed E-state index contributed by atoms with van der Waals surface area (Å²) in [5.74, 6) is -1.16. The van der Waals surface area contributed by atoms with Gasteiger partial charge in [-0.2, -0.15) is 0 Å². The van der Waals surface area contributed by atoms with Crippen molar-refractivity contribution in [1.29, 1.82) is 0 Å². The average molecular weight is 429 g/mol. The maximum atomic E-state index is 12.6. The molecule has 2 aromatic heterocycles. The normalized spacial score (nSPS) is 11.6. The number of aromatic nitrogens is 1. The summed E-state index contributed by atoms with van der Waals surface area (Å²) in [5.41, 5.74) is 0. The maximum Gasteiger partial charge on any atom is 0.345 e. The summed E-state index contributed by atoms with van der Waals surface area (Å²) in [7, 11) is -3.86. The van der Waals surface area contributed by atoms with Crippen molar-refractivity contribution in [2.45, 2.75) is 14.0 Å². The van der Waals surface area contributed by atoms with Crippen molar-refractivity contribution in [1.82, 2.24) is 4.98 Å². The number of thioether (sulfide) groups is 1. The standard InChI is InChI=1S/C11H7BrClNO4S3/c1-19-11-8(3-7(20-11)10(15)16)21(17,18)5-2-6(12)9(13)14-4-5/h2-4H,1H3,(H,15,16). The highest BCUT2D eigenvalue weighted by Gasteiger charge is 2.26. The molecule has 0 spiro atoms. The van der Waals surface area contributed by atoms with Crippen molar-refractivity contribution in [2.75, 3.05) is 6.26 Å². The summed E-state index contributed by atoms with van der Waals surface area (Å²) < 4.78 is 26.0. The Morgan fingerprint density at radius 1 is 1.48 bits per heavy atom. The van der Waals surface area contributed by atoms with Crippen LogP contribution >= 0.6 is 50.6 Å². The largest absolute Gasteiger partial charge is 0.477 e. The summed E-state index contributed by atoms with van der Waals surface area (Å²) in [6, 6.07) is 2.50. The number of carboxylic acids is 1.